The van der Waals surface area contributed by atoms with Gasteiger partial charge in [-0.2, -0.15) is 0 Å². The number of carbonyl (C=O) groups excluding carboxylic acids is 1. The van der Waals surface area contributed by atoms with Crippen molar-refractivity contribution in [2.75, 3.05) is 11.9 Å². The van der Waals surface area contributed by atoms with Crippen LogP contribution in [0.15, 0.2) is 6.20 Å². The third kappa shape index (κ3) is 2.90. The first-order valence-electron chi connectivity index (χ1n) is 6.58. The van der Waals surface area contributed by atoms with Gasteiger partial charge in [0.1, 0.15) is 0 Å². The largest absolute Gasteiger partial charge is 0.330 e. The SMILES string of the molecule is CC(C)c1cnc(NC(=O)[C@@H]2CCC[C@@H]2CN)s1. The molecule has 0 saturated heterocycles. The Morgan fingerprint density at radius 2 is 2.39 bits per heavy atom. The number of rotatable bonds is 4. The van der Waals surface area contributed by atoms with Crippen molar-refractivity contribution in [3.8, 4) is 0 Å². The number of hydrogen-bond acceptors (Lipinski definition) is 4. The van der Waals surface area contributed by atoms with Gasteiger partial charge in [-0.15, -0.1) is 11.3 Å². The molecule has 1 amide bonds. The molecular formula is C13H21N3OS. The van der Waals surface area contributed by atoms with Crippen molar-refractivity contribution in [3.63, 3.8) is 0 Å². The number of nitrogens with zero attached hydrogens (tertiary/aromatic N) is 1. The number of carbonyl (C=O) groups is 1. The van der Waals surface area contributed by atoms with Gasteiger partial charge in [-0.3, -0.25) is 4.79 Å². The summed E-state index contributed by atoms with van der Waals surface area (Å²) in [5.74, 6) is 0.958. The van der Waals surface area contributed by atoms with Gasteiger partial charge in [-0.1, -0.05) is 20.3 Å². The van der Waals surface area contributed by atoms with E-state index >= 15 is 0 Å². The van der Waals surface area contributed by atoms with Gasteiger partial charge in [-0.25, -0.2) is 4.98 Å². The molecule has 100 valence electrons. The Hall–Kier alpha value is -0.940. The van der Waals surface area contributed by atoms with E-state index in [1.54, 1.807) is 11.3 Å². The summed E-state index contributed by atoms with van der Waals surface area (Å²) in [6, 6.07) is 0. The highest BCUT2D eigenvalue weighted by Gasteiger charge is 2.32. The minimum Gasteiger partial charge on any atom is -0.330 e. The van der Waals surface area contributed by atoms with Crippen molar-refractivity contribution in [1.29, 1.82) is 0 Å². The van der Waals surface area contributed by atoms with Crippen LogP contribution in [0.5, 0.6) is 0 Å². The highest BCUT2D eigenvalue weighted by Crippen LogP contribution is 2.32. The fraction of sp³-hybridized carbons (Fsp3) is 0.692. The topological polar surface area (TPSA) is 68.0 Å². The van der Waals surface area contributed by atoms with Crippen molar-refractivity contribution in [1.82, 2.24) is 4.98 Å². The molecule has 0 aliphatic heterocycles. The quantitative estimate of drug-likeness (QED) is 0.881. The predicted molar refractivity (Wildman–Crippen MR) is 74.7 cm³/mol. The van der Waals surface area contributed by atoms with Crippen LogP contribution < -0.4 is 11.1 Å². The molecule has 0 spiro atoms. The molecule has 0 radical (unpaired) electrons. The maximum atomic E-state index is 12.2. The molecule has 1 aromatic heterocycles. The Bertz CT molecular complexity index is 416. The lowest BCUT2D eigenvalue weighted by Crippen LogP contribution is -2.29. The molecule has 1 aliphatic carbocycles. The molecule has 1 aliphatic rings. The van der Waals surface area contributed by atoms with Crippen LogP contribution in [-0.4, -0.2) is 17.4 Å². The summed E-state index contributed by atoms with van der Waals surface area (Å²) in [7, 11) is 0. The zero-order chi connectivity index (χ0) is 13.1. The van der Waals surface area contributed by atoms with Crippen molar-refractivity contribution in [3.05, 3.63) is 11.1 Å². The molecule has 1 aromatic rings. The number of anilines is 1. The second kappa shape index (κ2) is 5.80. The molecule has 0 bridgehead atoms. The number of nitrogens with one attached hydrogen (secondary N) is 1. The number of thiazole rings is 1. The first-order valence-corrected chi connectivity index (χ1v) is 7.40. The number of amides is 1. The van der Waals surface area contributed by atoms with Crippen LogP contribution in [0.3, 0.4) is 0 Å². The van der Waals surface area contributed by atoms with E-state index in [0.29, 0.717) is 23.5 Å². The summed E-state index contributed by atoms with van der Waals surface area (Å²) in [6.07, 6.45) is 4.98. The van der Waals surface area contributed by atoms with Gasteiger partial charge in [0.25, 0.3) is 0 Å². The maximum Gasteiger partial charge on any atom is 0.229 e. The van der Waals surface area contributed by atoms with E-state index in [-0.39, 0.29) is 11.8 Å². The molecule has 2 atom stereocenters. The van der Waals surface area contributed by atoms with E-state index in [1.165, 1.54) is 4.88 Å². The predicted octanol–water partition coefficient (Wildman–Crippen LogP) is 2.58. The zero-order valence-electron chi connectivity index (χ0n) is 11.0. The van der Waals surface area contributed by atoms with Gasteiger partial charge in [0.2, 0.25) is 5.91 Å². The van der Waals surface area contributed by atoms with E-state index in [2.05, 4.69) is 24.1 Å². The maximum absolute atomic E-state index is 12.2. The molecule has 1 fully saturated rings. The monoisotopic (exact) mass is 267 g/mol. The normalized spacial score (nSPS) is 23.6. The Labute approximate surface area is 112 Å². The highest BCUT2D eigenvalue weighted by molar-refractivity contribution is 7.15. The summed E-state index contributed by atoms with van der Waals surface area (Å²) in [4.78, 5) is 17.6. The van der Waals surface area contributed by atoms with Gasteiger partial charge in [0, 0.05) is 17.0 Å². The summed E-state index contributed by atoms with van der Waals surface area (Å²) in [6.45, 7) is 4.86. The van der Waals surface area contributed by atoms with Crippen molar-refractivity contribution in [2.24, 2.45) is 17.6 Å². The lowest BCUT2D eigenvalue weighted by atomic mass is 9.95. The Balaban J connectivity index is 1.98. The van der Waals surface area contributed by atoms with Gasteiger partial charge in [0.05, 0.1) is 0 Å². The standard InChI is InChI=1S/C13H21N3OS/c1-8(2)11-7-15-13(18-11)16-12(17)10-5-3-4-9(10)6-14/h7-10H,3-6,14H2,1-2H3,(H,15,16,17)/t9-,10-/m1/s1. The molecule has 2 rings (SSSR count). The molecule has 4 nitrogen and oxygen atoms in total. The van der Waals surface area contributed by atoms with Crippen molar-refractivity contribution < 1.29 is 4.79 Å². The van der Waals surface area contributed by atoms with Crippen LogP contribution in [0.1, 0.15) is 43.9 Å². The zero-order valence-corrected chi connectivity index (χ0v) is 11.8. The van der Waals surface area contributed by atoms with E-state index < -0.39 is 0 Å². The van der Waals surface area contributed by atoms with E-state index in [9.17, 15) is 4.79 Å². The van der Waals surface area contributed by atoms with E-state index in [0.717, 1.165) is 19.3 Å². The summed E-state index contributed by atoms with van der Waals surface area (Å²) >= 11 is 1.56. The Kier molecular flexibility index (Phi) is 4.35. The van der Waals surface area contributed by atoms with Crippen LogP contribution in [-0.2, 0) is 4.79 Å². The fourth-order valence-electron chi connectivity index (χ4n) is 2.47. The highest BCUT2D eigenvalue weighted by atomic mass is 32.1. The molecule has 0 unspecified atom stereocenters. The minimum atomic E-state index is 0.0707. The molecular weight excluding hydrogens is 246 g/mol. The fourth-order valence-corrected chi connectivity index (χ4v) is 3.29. The van der Waals surface area contributed by atoms with Gasteiger partial charge in [0.15, 0.2) is 5.13 Å². The van der Waals surface area contributed by atoms with Crippen LogP contribution in [0, 0.1) is 11.8 Å². The molecule has 1 heterocycles. The van der Waals surface area contributed by atoms with E-state index in [1.807, 2.05) is 6.20 Å². The third-order valence-corrected chi connectivity index (χ3v) is 4.83. The summed E-state index contributed by atoms with van der Waals surface area (Å²) in [5.41, 5.74) is 5.71. The van der Waals surface area contributed by atoms with Crippen LogP contribution >= 0.6 is 11.3 Å². The average molecular weight is 267 g/mol. The number of nitrogens with two attached hydrogens (primary N) is 1. The first kappa shape index (κ1) is 13.5. The molecule has 0 aromatic carbocycles. The second-order valence-corrected chi connectivity index (χ2v) is 6.31. The minimum absolute atomic E-state index is 0.0707. The number of aromatic nitrogens is 1. The van der Waals surface area contributed by atoms with E-state index in [4.69, 9.17) is 5.73 Å². The van der Waals surface area contributed by atoms with Crippen LogP contribution in [0.2, 0.25) is 0 Å². The van der Waals surface area contributed by atoms with Gasteiger partial charge < -0.3 is 11.1 Å². The third-order valence-electron chi connectivity index (χ3n) is 3.62. The summed E-state index contributed by atoms with van der Waals surface area (Å²) < 4.78 is 0. The molecule has 5 heteroatoms. The van der Waals surface area contributed by atoms with Crippen LogP contribution in [0.4, 0.5) is 5.13 Å². The lowest BCUT2D eigenvalue weighted by Gasteiger charge is -2.16. The molecule has 3 N–H and O–H groups in total. The molecule has 18 heavy (non-hydrogen) atoms. The van der Waals surface area contributed by atoms with Gasteiger partial charge >= 0.3 is 0 Å². The van der Waals surface area contributed by atoms with Crippen LogP contribution in [0.25, 0.3) is 0 Å². The van der Waals surface area contributed by atoms with Crippen molar-refractivity contribution in [2.45, 2.75) is 39.0 Å². The Morgan fingerprint density at radius 1 is 1.61 bits per heavy atom. The Morgan fingerprint density at radius 3 is 3.00 bits per heavy atom. The van der Waals surface area contributed by atoms with Crippen molar-refractivity contribution >= 4 is 22.4 Å². The lowest BCUT2D eigenvalue weighted by molar-refractivity contribution is -0.120. The molecule has 1 saturated carbocycles. The summed E-state index contributed by atoms with van der Waals surface area (Å²) in [5, 5.41) is 3.65. The number of hydrogen-bond donors (Lipinski definition) is 2. The second-order valence-electron chi connectivity index (χ2n) is 5.24. The first-order chi connectivity index (χ1) is 8.61. The smallest absolute Gasteiger partial charge is 0.229 e. The van der Waals surface area contributed by atoms with Gasteiger partial charge in [-0.05, 0) is 31.2 Å². The average Bonchev–Trinajstić information content (AvgIpc) is 2.96.